The van der Waals surface area contributed by atoms with Crippen LogP contribution in [0.25, 0.3) is 0 Å². The average Bonchev–Trinajstić information content (AvgIpc) is 2.34. The first-order chi connectivity index (χ1) is 8.41. The standard InChI is InChI=1S/C9H12N2O6S.Na/c1-15-7-5-9(17-3)8(16-2)4-6(7)10-11-18(12,13)14;/h4-5H,1-3H3,(H,12,13,14);/q;+1. The van der Waals surface area contributed by atoms with Gasteiger partial charge in [-0.3, -0.25) is 4.55 Å². The molecule has 1 aromatic carbocycles. The zero-order valence-electron chi connectivity index (χ0n) is 10.9. The van der Waals surface area contributed by atoms with E-state index in [1.807, 2.05) is 0 Å². The minimum absolute atomic E-state index is 0. The Kier molecular flexibility index (Phi) is 7.30. The molecule has 100 valence electrons. The Morgan fingerprint density at radius 1 is 1.00 bits per heavy atom. The van der Waals surface area contributed by atoms with Crippen molar-refractivity contribution < 1.29 is 56.7 Å². The third-order valence-corrected chi connectivity index (χ3v) is 2.22. The first-order valence-electron chi connectivity index (χ1n) is 4.61. The van der Waals surface area contributed by atoms with Crippen molar-refractivity contribution in [1.29, 1.82) is 0 Å². The van der Waals surface area contributed by atoms with Gasteiger partial charge in [0.1, 0.15) is 11.4 Å². The summed E-state index contributed by atoms with van der Waals surface area (Å²) >= 11 is 0. The Labute approximate surface area is 132 Å². The fraction of sp³-hybridized carbons (Fsp3) is 0.333. The Morgan fingerprint density at radius 3 is 1.89 bits per heavy atom. The molecule has 0 radical (unpaired) electrons. The number of methoxy groups -OCH3 is 3. The van der Waals surface area contributed by atoms with E-state index in [4.69, 9.17) is 18.8 Å². The van der Waals surface area contributed by atoms with Gasteiger partial charge in [0.15, 0.2) is 11.5 Å². The maximum atomic E-state index is 10.5. The van der Waals surface area contributed by atoms with E-state index in [1.165, 1.54) is 33.5 Å². The maximum Gasteiger partial charge on any atom is 1.00 e. The van der Waals surface area contributed by atoms with E-state index >= 15 is 0 Å². The first kappa shape index (κ1) is 18.1. The number of hydrogen-bond donors (Lipinski definition) is 1. The van der Waals surface area contributed by atoms with E-state index in [-0.39, 0.29) is 41.0 Å². The van der Waals surface area contributed by atoms with Crippen LogP contribution in [0.4, 0.5) is 5.69 Å². The van der Waals surface area contributed by atoms with E-state index in [2.05, 4.69) is 9.63 Å². The summed E-state index contributed by atoms with van der Waals surface area (Å²) in [5.74, 6) is 0.933. The third-order valence-electron chi connectivity index (χ3n) is 1.94. The SMILES string of the molecule is COc1cc(OC)c(OC)cc1N=NS(=O)(=O)O.[Na+]. The molecule has 0 amide bonds. The van der Waals surface area contributed by atoms with Crippen molar-refractivity contribution in [3.05, 3.63) is 12.1 Å². The van der Waals surface area contributed by atoms with Gasteiger partial charge in [-0.2, -0.15) is 8.42 Å². The molecule has 10 heteroatoms. The normalized spacial score (nSPS) is 10.9. The van der Waals surface area contributed by atoms with Crippen LogP contribution in [0.15, 0.2) is 21.8 Å². The van der Waals surface area contributed by atoms with Crippen LogP contribution in [0.1, 0.15) is 0 Å². The second-order valence-electron chi connectivity index (χ2n) is 3.01. The van der Waals surface area contributed by atoms with Gasteiger partial charge in [0.2, 0.25) is 0 Å². The molecule has 8 nitrogen and oxygen atoms in total. The Bertz CT molecular complexity index is 560. The van der Waals surface area contributed by atoms with Crippen LogP contribution < -0.4 is 43.8 Å². The van der Waals surface area contributed by atoms with Crippen molar-refractivity contribution in [3.8, 4) is 17.2 Å². The van der Waals surface area contributed by atoms with Crippen molar-refractivity contribution in [2.24, 2.45) is 9.63 Å². The molecular weight excluding hydrogens is 287 g/mol. The van der Waals surface area contributed by atoms with Crippen LogP contribution in [0.5, 0.6) is 17.2 Å². The zero-order chi connectivity index (χ0) is 13.8. The van der Waals surface area contributed by atoms with Gasteiger partial charge in [0.05, 0.1) is 21.3 Å². The van der Waals surface area contributed by atoms with Gasteiger partial charge < -0.3 is 14.2 Å². The summed E-state index contributed by atoms with van der Waals surface area (Å²) in [5.41, 5.74) is 0.0766. The van der Waals surface area contributed by atoms with E-state index < -0.39 is 10.3 Å². The van der Waals surface area contributed by atoms with E-state index in [1.54, 1.807) is 0 Å². The van der Waals surface area contributed by atoms with Gasteiger partial charge in [-0.1, -0.05) is 0 Å². The summed E-state index contributed by atoms with van der Waals surface area (Å²) < 4.78 is 47.2. The van der Waals surface area contributed by atoms with Gasteiger partial charge in [-0.25, -0.2) is 0 Å². The van der Waals surface area contributed by atoms with Gasteiger partial charge in [0.25, 0.3) is 0 Å². The second-order valence-corrected chi connectivity index (χ2v) is 4.07. The number of rotatable bonds is 5. The first-order valence-corrected chi connectivity index (χ1v) is 6.01. The summed E-state index contributed by atoms with van der Waals surface area (Å²) in [6, 6.07) is 2.82. The number of benzene rings is 1. The van der Waals surface area contributed by atoms with Crippen LogP contribution >= 0.6 is 0 Å². The zero-order valence-corrected chi connectivity index (χ0v) is 13.8. The fourth-order valence-corrected chi connectivity index (χ4v) is 1.38. The van der Waals surface area contributed by atoms with Crippen LogP contribution in [0.2, 0.25) is 0 Å². The second kappa shape index (κ2) is 7.65. The van der Waals surface area contributed by atoms with Crippen molar-refractivity contribution in [2.45, 2.75) is 0 Å². The molecule has 0 saturated carbocycles. The summed E-state index contributed by atoms with van der Waals surface area (Å²) in [5, 5.41) is 3.36. The van der Waals surface area contributed by atoms with Crippen molar-refractivity contribution in [2.75, 3.05) is 21.3 Å². The monoisotopic (exact) mass is 299 g/mol. The van der Waals surface area contributed by atoms with Gasteiger partial charge >= 0.3 is 39.9 Å². The van der Waals surface area contributed by atoms with E-state index in [9.17, 15) is 8.42 Å². The van der Waals surface area contributed by atoms with E-state index in [0.29, 0.717) is 11.5 Å². The molecule has 0 atom stereocenters. The number of nitrogens with zero attached hydrogens (tertiary/aromatic N) is 2. The molecule has 1 N–H and O–H groups in total. The smallest absolute Gasteiger partial charge is 0.494 e. The average molecular weight is 299 g/mol. The van der Waals surface area contributed by atoms with Crippen LogP contribution in [-0.2, 0) is 10.3 Å². The van der Waals surface area contributed by atoms with Gasteiger partial charge in [-0.15, -0.1) is 5.11 Å². The van der Waals surface area contributed by atoms with Gasteiger partial charge in [0, 0.05) is 12.1 Å². The van der Waals surface area contributed by atoms with Crippen molar-refractivity contribution in [3.63, 3.8) is 0 Å². The molecule has 1 aromatic rings. The molecule has 0 saturated heterocycles. The third kappa shape index (κ3) is 5.33. The molecule has 0 heterocycles. The summed E-state index contributed by atoms with van der Waals surface area (Å²) in [7, 11) is -0.331. The van der Waals surface area contributed by atoms with Crippen molar-refractivity contribution >= 4 is 16.0 Å². The number of hydrogen-bond acceptors (Lipinski definition) is 6. The minimum atomic E-state index is -4.55. The van der Waals surface area contributed by atoms with Crippen LogP contribution in [0.3, 0.4) is 0 Å². The molecule has 0 aliphatic heterocycles. The Morgan fingerprint density at radius 2 is 1.47 bits per heavy atom. The molecule has 0 aliphatic carbocycles. The molecule has 19 heavy (non-hydrogen) atoms. The van der Waals surface area contributed by atoms with Crippen molar-refractivity contribution in [1.82, 2.24) is 0 Å². The van der Waals surface area contributed by atoms with Crippen LogP contribution in [0, 0.1) is 0 Å². The molecule has 1 rings (SSSR count). The van der Waals surface area contributed by atoms with E-state index in [0.717, 1.165) is 0 Å². The molecule has 0 fully saturated rings. The largest absolute Gasteiger partial charge is 1.00 e. The summed E-state index contributed by atoms with van der Waals surface area (Å²) in [6.07, 6.45) is 0. The predicted molar refractivity (Wildman–Crippen MR) is 62.2 cm³/mol. The molecule has 0 spiro atoms. The maximum absolute atomic E-state index is 10.5. The molecule has 0 bridgehead atoms. The Balaban J connectivity index is 0.00000324. The summed E-state index contributed by atoms with van der Waals surface area (Å²) in [6.45, 7) is 0. The molecular formula is C9H12N2NaO6S+. The Hall–Kier alpha value is -0.870. The molecule has 0 aliphatic rings. The number of ether oxygens (including phenoxy) is 3. The summed E-state index contributed by atoms with van der Waals surface area (Å²) in [4.78, 5) is 0. The quantitative estimate of drug-likeness (QED) is 0.407. The minimum Gasteiger partial charge on any atom is -0.494 e. The van der Waals surface area contributed by atoms with Crippen LogP contribution in [-0.4, -0.2) is 34.3 Å². The fourth-order valence-electron chi connectivity index (χ4n) is 1.19. The topological polar surface area (TPSA) is 107 Å². The molecule has 0 unspecified atom stereocenters. The predicted octanol–water partition coefficient (Wildman–Crippen LogP) is -1.40. The molecule has 0 aromatic heterocycles. The van der Waals surface area contributed by atoms with Gasteiger partial charge in [-0.05, 0) is 4.52 Å².